The normalized spacial score (nSPS) is 50.1. The molecule has 2 aliphatic rings. The van der Waals surface area contributed by atoms with Gasteiger partial charge < -0.3 is 44.5 Å². The van der Waals surface area contributed by atoms with Crippen molar-refractivity contribution in [2.24, 2.45) is 0 Å². The Morgan fingerprint density at radius 3 is 2.05 bits per heavy atom. The van der Waals surface area contributed by atoms with E-state index >= 15 is 0 Å². The van der Waals surface area contributed by atoms with E-state index in [1.807, 2.05) is 0 Å². The standard InChI is InChI=1S/C11H20O9/c1-17-10-9(16)7(14)5(3-19-10)20-11-8(15)6(13)4(12)2-18-11/h4-16H,2-3H2,1H3/t4-,5-,6+,7+,8-,9-,10-,11-/m1/s1. The van der Waals surface area contributed by atoms with Crippen molar-refractivity contribution in [1.82, 2.24) is 0 Å². The highest BCUT2D eigenvalue weighted by Crippen LogP contribution is 2.23. The molecule has 20 heavy (non-hydrogen) atoms. The Kier molecular flexibility index (Phi) is 5.29. The monoisotopic (exact) mass is 296 g/mol. The third-order valence-corrected chi connectivity index (χ3v) is 3.43. The SMILES string of the molecule is CO[C@@H]1OC[C@@H](O[C@H]2OC[C@@H](O)[C@H](O)[C@H]2O)[C@H](O)[C@H]1O. The summed E-state index contributed by atoms with van der Waals surface area (Å²) in [5, 5.41) is 48.2. The fourth-order valence-corrected chi connectivity index (χ4v) is 2.17. The molecule has 8 atom stereocenters. The average molecular weight is 296 g/mol. The van der Waals surface area contributed by atoms with Crippen LogP contribution in [0, 0.1) is 0 Å². The molecule has 0 saturated carbocycles. The maximum atomic E-state index is 9.89. The first-order valence-corrected chi connectivity index (χ1v) is 6.27. The second-order valence-electron chi connectivity index (χ2n) is 4.84. The van der Waals surface area contributed by atoms with E-state index < -0.39 is 49.2 Å². The molecule has 0 aliphatic carbocycles. The van der Waals surface area contributed by atoms with E-state index in [2.05, 4.69) is 0 Å². The van der Waals surface area contributed by atoms with E-state index in [0.29, 0.717) is 0 Å². The molecule has 9 heteroatoms. The van der Waals surface area contributed by atoms with E-state index in [9.17, 15) is 25.5 Å². The van der Waals surface area contributed by atoms with Crippen LogP contribution in [0.4, 0.5) is 0 Å². The van der Waals surface area contributed by atoms with Crippen molar-refractivity contribution in [2.75, 3.05) is 20.3 Å². The Hall–Kier alpha value is -0.360. The predicted molar refractivity (Wildman–Crippen MR) is 61.4 cm³/mol. The van der Waals surface area contributed by atoms with Gasteiger partial charge in [-0.2, -0.15) is 0 Å². The molecule has 2 heterocycles. The summed E-state index contributed by atoms with van der Waals surface area (Å²) in [5.74, 6) is 0. The van der Waals surface area contributed by atoms with Gasteiger partial charge in [0.1, 0.15) is 36.6 Å². The lowest BCUT2D eigenvalue weighted by Gasteiger charge is -2.41. The van der Waals surface area contributed by atoms with Gasteiger partial charge in [-0.3, -0.25) is 0 Å². The first-order valence-electron chi connectivity index (χ1n) is 6.27. The van der Waals surface area contributed by atoms with Crippen molar-refractivity contribution >= 4 is 0 Å². The van der Waals surface area contributed by atoms with Crippen LogP contribution in [-0.4, -0.2) is 95.1 Å². The van der Waals surface area contributed by atoms with Crippen LogP contribution in [0.5, 0.6) is 0 Å². The first kappa shape index (κ1) is 16.0. The molecule has 2 fully saturated rings. The van der Waals surface area contributed by atoms with E-state index in [0.717, 1.165) is 0 Å². The average Bonchev–Trinajstić information content (AvgIpc) is 2.44. The van der Waals surface area contributed by atoms with Crippen molar-refractivity contribution in [3.8, 4) is 0 Å². The Balaban J connectivity index is 1.93. The summed E-state index contributed by atoms with van der Waals surface area (Å²) in [7, 11) is 1.33. The molecule has 2 rings (SSSR count). The van der Waals surface area contributed by atoms with Gasteiger partial charge in [-0.1, -0.05) is 0 Å². The minimum atomic E-state index is -1.47. The lowest BCUT2D eigenvalue weighted by atomic mass is 10.0. The molecule has 0 amide bonds. The fourth-order valence-electron chi connectivity index (χ4n) is 2.17. The number of hydrogen-bond acceptors (Lipinski definition) is 9. The summed E-state index contributed by atoms with van der Waals surface area (Å²) >= 11 is 0. The number of ether oxygens (including phenoxy) is 4. The van der Waals surface area contributed by atoms with E-state index in [1.165, 1.54) is 7.11 Å². The van der Waals surface area contributed by atoms with Crippen molar-refractivity contribution in [3.05, 3.63) is 0 Å². The van der Waals surface area contributed by atoms with Crippen molar-refractivity contribution < 1.29 is 44.5 Å². The molecule has 118 valence electrons. The minimum absolute atomic E-state index is 0.0814. The van der Waals surface area contributed by atoms with Crippen LogP contribution in [0.15, 0.2) is 0 Å². The minimum Gasteiger partial charge on any atom is -0.388 e. The van der Waals surface area contributed by atoms with Gasteiger partial charge in [-0.05, 0) is 0 Å². The summed E-state index contributed by atoms with van der Waals surface area (Å²) in [6, 6.07) is 0. The molecule has 5 N–H and O–H groups in total. The lowest BCUT2D eigenvalue weighted by molar-refractivity contribution is -0.326. The smallest absolute Gasteiger partial charge is 0.186 e. The van der Waals surface area contributed by atoms with Crippen LogP contribution in [0.3, 0.4) is 0 Å². The van der Waals surface area contributed by atoms with E-state index in [1.54, 1.807) is 0 Å². The van der Waals surface area contributed by atoms with E-state index in [4.69, 9.17) is 18.9 Å². The predicted octanol–water partition coefficient (Wildman–Crippen LogP) is -3.46. The third kappa shape index (κ3) is 3.11. The molecule has 0 radical (unpaired) electrons. The molecular weight excluding hydrogens is 276 g/mol. The number of methoxy groups -OCH3 is 1. The van der Waals surface area contributed by atoms with Crippen molar-refractivity contribution in [1.29, 1.82) is 0 Å². The summed E-state index contributed by atoms with van der Waals surface area (Å²) in [5.41, 5.74) is 0. The Labute approximate surface area is 115 Å². The molecule has 0 aromatic rings. The Bertz CT molecular complexity index is 314. The van der Waals surface area contributed by atoms with Crippen LogP contribution in [-0.2, 0) is 18.9 Å². The van der Waals surface area contributed by atoms with Crippen molar-refractivity contribution in [2.45, 2.75) is 49.2 Å². The van der Waals surface area contributed by atoms with Gasteiger partial charge in [0.2, 0.25) is 0 Å². The van der Waals surface area contributed by atoms with Gasteiger partial charge >= 0.3 is 0 Å². The highest BCUT2D eigenvalue weighted by molar-refractivity contribution is 4.87. The van der Waals surface area contributed by atoms with Crippen LogP contribution < -0.4 is 0 Å². The van der Waals surface area contributed by atoms with Crippen LogP contribution in [0.1, 0.15) is 0 Å². The topological polar surface area (TPSA) is 138 Å². The van der Waals surface area contributed by atoms with Gasteiger partial charge in [0.05, 0.1) is 13.2 Å². The zero-order valence-corrected chi connectivity index (χ0v) is 10.9. The van der Waals surface area contributed by atoms with E-state index in [-0.39, 0.29) is 13.2 Å². The second kappa shape index (κ2) is 6.60. The van der Waals surface area contributed by atoms with Gasteiger partial charge in [0.25, 0.3) is 0 Å². The zero-order valence-electron chi connectivity index (χ0n) is 10.9. The number of aliphatic hydroxyl groups is 5. The molecule has 0 spiro atoms. The van der Waals surface area contributed by atoms with Crippen molar-refractivity contribution in [3.63, 3.8) is 0 Å². The molecule has 2 aliphatic heterocycles. The highest BCUT2D eigenvalue weighted by atomic mass is 16.7. The Morgan fingerprint density at radius 1 is 0.800 bits per heavy atom. The van der Waals surface area contributed by atoms with Gasteiger partial charge in [0.15, 0.2) is 12.6 Å². The highest BCUT2D eigenvalue weighted by Gasteiger charge is 2.44. The molecule has 0 aromatic heterocycles. The lowest BCUT2D eigenvalue weighted by Crippen LogP contribution is -2.59. The summed E-state index contributed by atoms with van der Waals surface area (Å²) in [6.45, 7) is -0.294. The largest absolute Gasteiger partial charge is 0.388 e. The van der Waals surface area contributed by atoms with Crippen LogP contribution in [0.25, 0.3) is 0 Å². The molecule has 0 unspecified atom stereocenters. The quantitative estimate of drug-likeness (QED) is 0.359. The summed E-state index contributed by atoms with van der Waals surface area (Å²) < 4.78 is 20.3. The van der Waals surface area contributed by atoms with Gasteiger partial charge in [0, 0.05) is 7.11 Å². The molecule has 0 bridgehead atoms. The third-order valence-electron chi connectivity index (χ3n) is 3.43. The zero-order chi connectivity index (χ0) is 14.9. The van der Waals surface area contributed by atoms with Gasteiger partial charge in [-0.15, -0.1) is 0 Å². The maximum absolute atomic E-state index is 9.89. The molecule has 9 nitrogen and oxygen atoms in total. The van der Waals surface area contributed by atoms with Crippen LogP contribution >= 0.6 is 0 Å². The number of aliphatic hydroxyl groups excluding tert-OH is 5. The maximum Gasteiger partial charge on any atom is 0.186 e. The van der Waals surface area contributed by atoms with Gasteiger partial charge in [-0.25, -0.2) is 0 Å². The number of rotatable bonds is 3. The summed E-state index contributed by atoms with van der Waals surface area (Å²) in [4.78, 5) is 0. The van der Waals surface area contributed by atoms with Crippen LogP contribution in [0.2, 0.25) is 0 Å². The fraction of sp³-hybridized carbons (Fsp3) is 1.00. The molecule has 0 aromatic carbocycles. The number of hydrogen-bond donors (Lipinski definition) is 5. The summed E-state index contributed by atoms with van der Waals surface area (Å²) in [6.07, 6.45) is -9.85. The molecule has 2 saturated heterocycles. The second-order valence-corrected chi connectivity index (χ2v) is 4.84. The first-order chi connectivity index (χ1) is 9.45. The molecular formula is C11H20O9. The Morgan fingerprint density at radius 2 is 1.40 bits per heavy atom.